The molecule has 2 aromatic carbocycles. The summed E-state index contributed by atoms with van der Waals surface area (Å²) >= 11 is 0. The van der Waals surface area contributed by atoms with Crippen LogP contribution in [-0.4, -0.2) is 34.2 Å². The number of aromatic amines is 1. The number of nitrogens with zero attached hydrogens (tertiary/aromatic N) is 2. The summed E-state index contributed by atoms with van der Waals surface area (Å²) in [6.45, 7) is 3.13. The number of nitrogen functional groups attached to an aromatic ring is 1. The van der Waals surface area contributed by atoms with Crippen LogP contribution in [-0.2, 0) is 6.54 Å². The molecule has 0 amide bonds. The zero-order valence-corrected chi connectivity index (χ0v) is 13.0. The molecule has 5 nitrogen and oxygen atoms in total. The van der Waals surface area contributed by atoms with E-state index < -0.39 is 0 Å². The molecule has 4 rings (SSSR count). The molecule has 5 heteroatoms. The largest absolute Gasteiger partial charge is 0.399 e. The van der Waals surface area contributed by atoms with Gasteiger partial charge in [0.25, 0.3) is 0 Å². The average Bonchev–Trinajstić information content (AvgIpc) is 3.16. The molecular formula is C18H21N5. The normalized spacial score (nSPS) is 18.5. The molecule has 1 saturated heterocycles. The lowest BCUT2D eigenvalue weighted by Crippen LogP contribution is -2.25. The Balaban J connectivity index is 1.38. The highest BCUT2D eigenvalue weighted by molar-refractivity contribution is 5.81. The van der Waals surface area contributed by atoms with Crippen LogP contribution in [0.15, 0.2) is 48.7 Å². The summed E-state index contributed by atoms with van der Waals surface area (Å²) in [4.78, 5) is 2.48. The Morgan fingerprint density at radius 2 is 2.22 bits per heavy atom. The molecule has 0 saturated carbocycles. The van der Waals surface area contributed by atoms with Gasteiger partial charge < -0.3 is 11.1 Å². The number of nitrogens with one attached hydrogen (secondary N) is 2. The molecule has 1 aliphatic rings. The molecule has 0 radical (unpaired) electrons. The lowest BCUT2D eigenvalue weighted by atomic mass is 10.2. The molecule has 0 spiro atoms. The summed E-state index contributed by atoms with van der Waals surface area (Å²) in [7, 11) is 0. The first-order valence-corrected chi connectivity index (χ1v) is 8.03. The average molecular weight is 307 g/mol. The van der Waals surface area contributed by atoms with Crippen molar-refractivity contribution in [1.29, 1.82) is 0 Å². The summed E-state index contributed by atoms with van der Waals surface area (Å²) in [5.41, 5.74) is 10.2. The molecule has 1 aromatic heterocycles. The highest BCUT2D eigenvalue weighted by Gasteiger charge is 2.22. The molecule has 1 aliphatic heterocycles. The van der Waals surface area contributed by atoms with E-state index in [1.807, 2.05) is 18.3 Å². The van der Waals surface area contributed by atoms with Gasteiger partial charge in [0.2, 0.25) is 0 Å². The molecular weight excluding hydrogens is 286 g/mol. The Morgan fingerprint density at radius 1 is 1.26 bits per heavy atom. The van der Waals surface area contributed by atoms with Crippen molar-refractivity contribution < 1.29 is 0 Å². The minimum atomic E-state index is 0.486. The van der Waals surface area contributed by atoms with Gasteiger partial charge in [0.15, 0.2) is 0 Å². The molecule has 4 N–H and O–H groups in total. The Morgan fingerprint density at radius 3 is 3.13 bits per heavy atom. The van der Waals surface area contributed by atoms with E-state index in [1.165, 1.54) is 5.56 Å². The van der Waals surface area contributed by atoms with E-state index >= 15 is 0 Å². The Bertz CT molecular complexity index is 810. The first-order chi connectivity index (χ1) is 11.3. The minimum absolute atomic E-state index is 0.486. The fourth-order valence-electron chi connectivity index (χ4n) is 3.31. The summed E-state index contributed by atoms with van der Waals surface area (Å²) in [6.07, 6.45) is 3.02. The predicted molar refractivity (Wildman–Crippen MR) is 94.3 cm³/mol. The van der Waals surface area contributed by atoms with E-state index in [1.54, 1.807) is 0 Å². The fraction of sp³-hybridized carbons (Fsp3) is 0.278. The molecule has 118 valence electrons. The molecule has 0 bridgehead atoms. The SMILES string of the molecule is Nc1cccc(CN2CCC(Nc3ccc4[nH]ncc4c3)C2)c1. The predicted octanol–water partition coefficient (Wildman–Crippen LogP) is 2.83. The van der Waals surface area contributed by atoms with Crippen molar-refractivity contribution in [2.24, 2.45) is 0 Å². The number of rotatable bonds is 4. The smallest absolute Gasteiger partial charge is 0.0651 e. The zero-order chi connectivity index (χ0) is 15.6. The number of hydrogen-bond donors (Lipinski definition) is 3. The van der Waals surface area contributed by atoms with Crippen LogP contribution in [0.5, 0.6) is 0 Å². The van der Waals surface area contributed by atoms with Crippen molar-refractivity contribution in [2.45, 2.75) is 19.0 Å². The molecule has 1 fully saturated rings. The lowest BCUT2D eigenvalue weighted by Gasteiger charge is -2.17. The van der Waals surface area contributed by atoms with Gasteiger partial charge in [0.05, 0.1) is 11.7 Å². The van der Waals surface area contributed by atoms with Crippen LogP contribution in [0, 0.1) is 0 Å². The summed E-state index contributed by atoms with van der Waals surface area (Å²) in [5, 5.41) is 11.8. The highest BCUT2D eigenvalue weighted by Crippen LogP contribution is 2.21. The maximum atomic E-state index is 5.86. The molecule has 0 aliphatic carbocycles. The summed E-state index contributed by atoms with van der Waals surface area (Å²) < 4.78 is 0. The Kier molecular flexibility index (Phi) is 3.63. The second kappa shape index (κ2) is 5.93. The number of aromatic nitrogens is 2. The quantitative estimate of drug-likeness (QED) is 0.648. The Labute approximate surface area is 135 Å². The topological polar surface area (TPSA) is 70.0 Å². The number of H-pyrrole nitrogens is 1. The third-order valence-electron chi connectivity index (χ3n) is 4.44. The first kappa shape index (κ1) is 14.1. The number of anilines is 2. The Hall–Kier alpha value is -2.53. The van der Waals surface area contributed by atoms with Crippen LogP contribution in [0.1, 0.15) is 12.0 Å². The van der Waals surface area contributed by atoms with Gasteiger partial charge in [-0.3, -0.25) is 10.00 Å². The van der Waals surface area contributed by atoms with E-state index in [9.17, 15) is 0 Å². The van der Waals surface area contributed by atoms with Crippen LogP contribution in [0.3, 0.4) is 0 Å². The number of nitrogens with two attached hydrogens (primary N) is 1. The van der Waals surface area contributed by atoms with Gasteiger partial charge in [-0.2, -0.15) is 5.10 Å². The van der Waals surface area contributed by atoms with Crippen LogP contribution < -0.4 is 11.1 Å². The van der Waals surface area contributed by atoms with E-state index in [0.717, 1.165) is 48.3 Å². The van der Waals surface area contributed by atoms with Crippen molar-refractivity contribution in [3.05, 3.63) is 54.2 Å². The van der Waals surface area contributed by atoms with Crippen LogP contribution in [0.4, 0.5) is 11.4 Å². The van der Waals surface area contributed by atoms with Crippen LogP contribution in [0.2, 0.25) is 0 Å². The molecule has 1 atom stereocenters. The van der Waals surface area contributed by atoms with Gasteiger partial charge in [0, 0.05) is 42.4 Å². The van der Waals surface area contributed by atoms with Crippen LogP contribution >= 0.6 is 0 Å². The first-order valence-electron chi connectivity index (χ1n) is 8.03. The van der Waals surface area contributed by atoms with Crippen molar-refractivity contribution in [2.75, 3.05) is 24.1 Å². The van der Waals surface area contributed by atoms with Crippen molar-refractivity contribution in [3.8, 4) is 0 Å². The third-order valence-corrected chi connectivity index (χ3v) is 4.44. The van der Waals surface area contributed by atoms with E-state index in [2.05, 4.69) is 50.7 Å². The van der Waals surface area contributed by atoms with Gasteiger partial charge in [-0.05, 0) is 42.3 Å². The number of benzene rings is 2. The minimum Gasteiger partial charge on any atom is -0.399 e. The van der Waals surface area contributed by atoms with E-state index in [-0.39, 0.29) is 0 Å². The molecule has 1 unspecified atom stereocenters. The second-order valence-corrected chi connectivity index (χ2v) is 6.28. The summed E-state index contributed by atoms with van der Waals surface area (Å²) in [6, 6.07) is 15.0. The maximum Gasteiger partial charge on any atom is 0.0651 e. The van der Waals surface area contributed by atoms with E-state index in [4.69, 9.17) is 5.73 Å². The standard InChI is InChI=1S/C18H21N5/c19-15-3-1-2-13(8-15)11-23-7-6-17(12-23)21-16-4-5-18-14(9-16)10-20-22-18/h1-5,8-10,17,21H,6-7,11-12,19H2,(H,20,22). The maximum absolute atomic E-state index is 5.86. The van der Waals surface area contributed by atoms with Gasteiger partial charge in [0.1, 0.15) is 0 Å². The van der Waals surface area contributed by atoms with Gasteiger partial charge >= 0.3 is 0 Å². The third kappa shape index (κ3) is 3.14. The zero-order valence-electron chi connectivity index (χ0n) is 13.0. The number of fused-ring (bicyclic) bond motifs is 1. The van der Waals surface area contributed by atoms with Gasteiger partial charge in [-0.15, -0.1) is 0 Å². The van der Waals surface area contributed by atoms with Crippen molar-refractivity contribution >= 4 is 22.3 Å². The highest BCUT2D eigenvalue weighted by atomic mass is 15.2. The van der Waals surface area contributed by atoms with Gasteiger partial charge in [-0.1, -0.05) is 12.1 Å². The lowest BCUT2D eigenvalue weighted by molar-refractivity contribution is 0.329. The fourth-order valence-corrected chi connectivity index (χ4v) is 3.31. The van der Waals surface area contributed by atoms with Crippen LogP contribution in [0.25, 0.3) is 10.9 Å². The van der Waals surface area contributed by atoms with E-state index in [0.29, 0.717) is 6.04 Å². The number of hydrogen-bond acceptors (Lipinski definition) is 4. The number of likely N-dealkylation sites (tertiary alicyclic amines) is 1. The molecule has 2 heterocycles. The second-order valence-electron chi connectivity index (χ2n) is 6.28. The van der Waals surface area contributed by atoms with Gasteiger partial charge in [-0.25, -0.2) is 0 Å². The van der Waals surface area contributed by atoms with Crippen molar-refractivity contribution in [3.63, 3.8) is 0 Å². The van der Waals surface area contributed by atoms with Crippen molar-refractivity contribution in [1.82, 2.24) is 15.1 Å². The monoisotopic (exact) mass is 307 g/mol. The summed E-state index contributed by atoms with van der Waals surface area (Å²) in [5.74, 6) is 0. The molecule has 3 aromatic rings. The molecule has 23 heavy (non-hydrogen) atoms.